The number of rotatable bonds is 3. The zero-order valence-corrected chi connectivity index (χ0v) is 11.8. The van der Waals surface area contributed by atoms with Gasteiger partial charge in [0, 0.05) is 3.57 Å². The first-order chi connectivity index (χ1) is 6.38. The van der Waals surface area contributed by atoms with Gasteiger partial charge < -0.3 is 9.84 Å². The molecule has 0 aliphatic heterocycles. The van der Waals surface area contributed by atoms with E-state index in [2.05, 4.69) is 38.5 Å². The molecule has 0 atom stereocenters. The van der Waals surface area contributed by atoms with E-state index in [1.54, 1.807) is 13.8 Å². The Hall–Kier alpha value is 0.190. The van der Waals surface area contributed by atoms with Crippen LogP contribution in [0, 0.1) is 3.57 Å². The average molecular weight is 371 g/mol. The number of hydrogen-bond donors (Lipinski definition) is 1. The molecule has 0 unspecified atom stereocenters. The highest BCUT2D eigenvalue weighted by Gasteiger charge is 2.14. The lowest BCUT2D eigenvalue weighted by Crippen LogP contribution is -2.27. The van der Waals surface area contributed by atoms with Gasteiger partial charge in [-0.2, -0.15) is 0 Å². The molecular weight excluding hydrogens is 359 g/mol. The first kappa shape index (κ1) is 12.3. The summed E-state index contributed by atoms with van der Waals surface area (Å²) in [6.07, 6.45) is 0. The second kappa shape index (κ2) is 4.81. The molecule has 0 heterocycles. The smallest absolute Gasteiger partial charge is 0.134 e. The zero-order valence-electron chi connectivity index (χ0n) is 8.05. The molecule has 0 radical (unpaired) electrons. The van der Waals surface area contributed by atoms with Crippen molar-refractivity contribution in [3.63, 3.8) is 0 Å². The lowest BCUT2D eigenvalue weighted by atomic mass is 10.2. The van der Waals surface area contributed by atoms with Gasteiger partial charge >= 0.3 is 0 Å². The van der Waals surface area contributed by atoms with Crippen molar-refractivity contribution in [2.75, 3.05) is 6.61 Å². The summed E-state index contributed by atoms with van der Waals surface area (Å²) in [6.45, 7) is 3.72. The number of halogens is 2. The molecule has 0 saturated heterocycles. The molecule has 1 aromatic carbocycles. The molecule has 78 valence electrons. The van der Waals surface area contributed by atoms with Crippen LogP contribution in [0.25, 0.3) is 0 Å². The van der Waals surface area contributed by atoms with E-state index in [0.29, 0.717) is 0 Å². The molecule has 0 fully saturated rings. The summed E-state index contributed by atoms with van der Waals surface area (Å²) in [5, 5.41) is 9.50. The standard InChI is InChI=1S/C10H12BrIO2/c1-10(2,13)6-14-9-5-7(12)3-4-8(9)11/h3-5,13H,6H2,1-2H3. The van der Waals surface area contributed by atoms with E-state index in [9.17, 15) is 5.11 Å². The van der Waals surface area contributed by atoms with Crippen LogP contribution >= 0.6 is 38.5 Å². The monoisotopic (exact) mass is 370 g/mol. The second-order valence-corrected chi connectivity index (χ2v) is 5.78. The van der Waals surface area contributed by atoms with E-state index >= 15 is 0 Å². The number of ether oxygens (including phenoxy) is 1. The second-order valence-electron chi connectivity index (χ2n) is 3.68. The Balaban J connectivity index is 2.72. The summed E-state index contributed by atoms with van der Waals surface area (Å²) in [5.74, 6) is 0.763. The van der Waals surface area contributed by atoms with Crippen molar-refractivity contribution in [2.24, 2.45) is 0 Å². The van der Waals surface area contributed by atoms with Crippen molar-refractivity contribution < 1.29 is 9.84 Å². The maximum absolute atomic E-state index is 9.50. The van der Waals surface area contributed by atoms with Crippen LogP contribution < -0.4 is 4.74 Å². The molecule has 0 aromatic heterocycles. The van der Waals surface area contributed by atoms with Crippen molar-refractivity contribution in [3.8, 4) is 5.75 Å². The molecule has 1 rings (SSSR count). The quantitative estimate of drug-likeness (QED) is 0.828. The van der Waals surface area contributed by atoms with Gasteiger partial charge in [-0.3, -0.25) is 0 Å². The third-order valence-electron chi connectivity index (χ3n) is 1.47. The van der Waals surface area contributed by atoms with Crippen LogP contribution in [0.2, 0.25) is 0 Å². The van der Waals surface area contributed by atoms with Gasteiger partial charge in [0.25, 0.3) is 0 Å². The molecule has 0 aliphatic carbocycles. The van der Waals surface area contributed by atoms with Gasteiger partial charge in [-0.25, -0.2) is 0 Å². The van der Waals surface area contributed by atoms with Gasteiger partial charge in [0.1, 0.15) is 12.4 Å². The SMILES string of the molecule is CC(C)(O)COc1cc(I)ccc1Br. The summed E-state index contributed by atoms with van der Waals surface area (Å²) in [4.78, 5) is 0. The minimum atomic E-state index is -0.805. The summed E-state index contributed by atoms with van der Waals surface area (Å²) < 4.78 is 7.49. The van der Waals surface area contributed by atoms with Crippen LogP contribution in [0.4, 0.5) is 0 Å². The Kier molecular flexibility index (Phi) is 4.21. The molecular formula is C10H12BrIO2. The molecule has 0 spiro atoms. The number of hydrogen-bond acceptors (Lipinski definition) is 2. The largest absolute Gasteiger partial charge is 0.489 e. The molecule has 4 heteroatoms. The Morgan fingerprint density at radius 2 is 2.14 bits per heavy atom. The van der Waals surface area contributed by atoms with Crippen molar-refractivity contribution in [1.82, 2.24) is 0 Å². The highest BCUT2D eigenvalue weighted by Crippen LogP contribution is 2.27. The van der Waals surface area contributed by atoms with Crippen molar-refractivity contribution in [1.29, 1.82) is 0 Å². The van der Waals surface area contributed by atoms with E-state index in [1.165, 1.54) is 0 Å². The molecule has 1 N–H and O–H groups in total. The molecule has 0 aliphatic rings. The topological polar surface area (TPSA) is 29.5 Å². The lowest BCUT2D eigenvalue weighted by Gasteiger charge is -2.18. The van der Waals surface area contributed by atoms with Gasteiger partial charge in [0.05, 0.1) is 10.1 Å². The third kappa shape index (κ3) is 4.14. The van der Waals surface area contributed by atoms with E-state index in [1.807, 2.05) is 18.2 Å². The fraction of sp³-hybridized carbons (Fsp3) is 0.400. The normalized spacial score (nSPS) is 11.5. The first-order valence-electron chi connectivity index (χ1n) is 4.19. The van der Waals surface area contributed by atoms with Gasteiger partial charge in [-0.15, -0.1) is 0 Å². The summed E-state index contributed by atoms with van der Waals surface area (Å²) in [7, 11) is 0. The number of benzene rings is 1. The first-order valence-corrected chi connectivity index (χ1v) is 6.06. The van der Waals surface area contributed by atoms with Crippen molar-refractivity contribution >= 4 is 38.5 Å². The molecule has 0 bridgehead atoms. The summed E-state index contributed by atoms with van der Waals surface area (Å²) >= 11 is 5.61. The molecule has 0 saturated carbocycles. The fourth-order valence-corrected chi connectivity index (χ4v) is 1.67. The van der Waals surface area contributed by atoms with E-state index in [4.69, 9.17) is 4.74 Å². The predicted molar refractivity (Wildman–Crippen MR) is 68.7 cm³/mol. The fourth-order valence-electron chi connectivity index (χ4n) is 0.842. The van der Waals surface area contributed by atoms with Crippen LogP contribution in [0.1, 0.15) is 13.8 Å². The summed E-state index contributed by atoms with van der Waals surface area (Å²) in [6, 6.07) is 5.85. The summed E-state index contributed by atoms with van der Waals surface area (Å²) in [5.41, 5.74) is -0.805. The molecule has 14 heavy (non-hydrogen) atoms. The van der Waals surface area contributed by atoms with E-state index in [0.717, 1.165) is 13.8 Å². The van der Waals surface area contributed by atoms with Gasteiger partial charge in [0.2, 0.25) is 0 Å². The Morgan fingerprint density at radius 1 is 1.50 bits per heavy atom. The maximum Gasteiger partial charge on any atom is 0.134 e. The van der Waals surface area contributed by atoms with E-state index < -0.39 is 5.60 Å². The Morgan fingerprint density at radius 3 is 2.71 bits per heavy atom. The highest BCUT2D eigenvalue weighted by atomic mass is 127. The predicted octanol–water partition coefficient (Wildman–Crippen LogP) is 3.20. The Labute approximate surface area is 106 Å². The van der Waals surface area contributed by atoms with Crippen LogP contribution in [-0.4, -0.2) is 17.3 Å². The minimum absolute atomic E-state index is 0.283. The van der Waals surface area contributed by atoms with Crippen LogP contribution in [-0.2, 0) is 0 Å². The number of aliphatic hydroxyl groups is 1. The van der Waals surface area contributed by atoms with Crippen molar-refractivity contribution in [2.45, 2.75) is 19.4 Å². The molecule has 2 nitrogen and oxygen atoms in total. The van der Waals surface area contributed by atoms with Gasteiger partial charge in [-0.1, -0.05) is 0 Å². The minimum Gasteiger partial charge on any atom is -0.489 e. The van der Waals surface area contributed by atoms with Crippen LogP contribution in [0.3, 0.4) is 0 Å². The zero-order chi connectivity index (χ0) is 10.8. The van der Waals surface area contributed by atoms with Gasteiger partial charge in [0.15, 0.2) is 0 Å². The Bertz CT molecular complexity index is 320. The average Bonchev–Trinajstić information content (AvgIpc) is 2.05. The highest BCUT2D eigenvalue weighted by molar-refractivity contribution is 14.1. The third-order valence-corrected chi connectivity index (χ3v) is 2.80. The lowest BCUT2D eigenvalue weighted by molar-refractivity contribution is 0.0282. The van der Waals surface area contributed by atoms with Crippen molar-refractivity contribution in [3.05, 3.63) is 26.2 Å². The van der Waals surface area contributed by atoms with E-state index in [-0.39, 0.29) is 6.61 Å². The van der Waals surface area contributed by atoms with Gasteiger partial charge in [-0.05, 0) is 70.6 Å². The van der Waals surface area contributed by atoms with Crippen LogP contribution in [0.5, 0.6) is 5.75 Å². The molecule has 1 aromatic rings. The van der Waals surface area contributed by atoms with Crippen LogP contribution in [0.15, 0.2) is 22.7 Å². The molecule has 0 amide bonds. The maximum atomic E-state index is 9.50.